The van der Waals surface area contributed by atoms with E-state index in [2.05, 4.69) is 24.1 Å². The van der Waals surface area contributed by atoms with E-state index in [4.69, 9.17) is 0 Å². The number of likely N-dealkylation sites (tertiary alicyclic amines) is 1. The molecule has 1 saturated heterocycles. The van der Waals surface area contributed by atoms with Gasteiger partial charge < -0.3 is 10.2 Å². The average Bonchev–Trinajstić information content (AvgIpc) is 2.15. The Balaban J connectivity index is 2.04. The molecule has 0 saturated carbocycles. The van der Waals surface area contributed by atoms with Crippen molar-refractivity contribution in [2.45, 2.75) is 39.5 Å². The van der Waals surface area contributed by atoms with Crippen molar-refractivity contribution < 1.29 is 0 Å². The Morgan fingerprint density at radius 3 is 2.36 bits per heavy atom. The second-order valence-electron chi connectivity index (χ2n) is 5.32. The summed E-state index contributed by atoms with van der Waals surface area (Å²) in [6.45, 7) is 9.88. The maximum Gasteiger partial charge on any atom is -0.00136 e. The van der Waals surface area contributed by atoms with Crippen LogP contribution in [0.15, 0.2) is 0 Å². The number of piperidine rings is 1. The van der Waals surface area contributed by atoms with E-state index in [0.717, 1.165) is 0 Å². The van der Waals surface area contributed by atoms with Crippen molar-refractivity contribution in [3.8, 4) is 0 Å². The van der Waals surface area contributed by atoms with Crippen LogP contribution >= 0.6 is 0 Å². The largest absolute Gasteiger partial charge is 0.320 e. The molecular weight excluding hydrogens is 172 g/mol. The fraction of sp³-hybridized carbons (Fsp3) is 1.00. The Bertz CT molecular complexity index is 144. The first-order valence-electron chi connectivity index (χ1n) is 6.01. The van der Waals surface area contributed by atoms with Crippen LogP contribution < -0.4 is 5.32 Å². The van der Waals surface area contributed by atoms with Crippen LogP contribution in [-0.2, 0) is 0 Å². The fourth-order valence-corrected chi connectivity index (χ4v) is 2.02. The Kier molecular flexibility index (Phi) is 4.90. The predicted molar refractivity (Wildman–Crippen MR) is 62.6 cm³/mol. The fourth-order valence-electron chi connectivity index (χ4n) is 2.02. The summed E-state index contributed by atoms with van der Waals surface area (Å²) in [7, 11) is 2.03. The SMILES string of the molecule is CNCCCCN1CCC(C)(C)CC1. The minimum Gasteiger partial charge on any atom is -0.320 e. The number of rotatable bonds is 5. The van der Waals surface area contributed by atoms with Gasteiger partial charge in [0.2, 0.25) is 0 Å². The predicted octanol–water partition coefficient (Wildman–Crippen LogP) is 2.11. The quantitative estimate of drug-likeness (QED) is 0.681. The molecule has 0 aromatic rings. The van der Waals surface area contributed by atoms with Gasteiger partial charge in [-0.1, -0.05) is 13.8 Å². The van der Waals surface area contributed by atoms with Crippen molar-refractivity contribution >= 4 is 0 Å². The minimum absolute atomic E-state index is 0.599. The van der Waals surface area contributed by atoms with Gasteiger partial charge in [0.05, 0.1) is 0 Å². The molecule has 0 aromatic heterocycles. The summed E-state index contributed by atoms with van der Waals surface area (Å²) in [4.78, 5) is 2.63. The Hall–Kier alpha value is -0.0800. The summed E-state index contributed by atoms with van der Waals surface area (Å²) >= 11 is 0. The van der Waals surface area contributed by atoms with Gasteiger partial charge in [-0.2, -0.15) is 0 Å². The van der Waals surface area contributed by atoms with Crippen molar-refractivity contribution in [3.63, 3.8) is 0 Å². The lowest BCUT2D eigenvalue weighted by molar-refractivity contribution is 0.131. The summed E-state index contributed by atoms with van der Waals surface area (Å²) in [5, 5.41) is 3.20. The van der Waals surface area contributed by atoms with E-state index in [1.54, 1.807) is 0 Å². The highest BCUT2D eigenvalue weighted by Crippen LogP contribution is 2.29. The van der Waals surface area contributed by atoms with Gasteiger partial charge in [-0.3, -0.25) is 0 Å². The Morgan fingerprint density at radius 1 is 1.14 bits per heavy atom. The molecule has 0 unspecified atom stereocenters. The lowest BCUT2D eigenvalue weighted by Crippen LogP contribution is -2.37. The topological polar surface area (TPSA) is 15.3 Å². The standard InChI is InChI=1S/C12H26N2/c1-12(2)6-10-14(11-7-12)9-5-4-8-13-3/h13H,4-11H2,1-3H3. The van der Waals surface area contributed by atoms with Gasteiger partial charge in [0.15, 0.2) is 0 Å². The number of nitrogens with one attached hydrogen (secondary N) is 1. The van der Waals surface area contributed by atoms with E-state index in [-0.39, 0.29) is 0 Å². The van der Waals surface area contributed by atoms with E-state index >= 15 is 0 Å². The van der Waals surface area contributed by atoms with Gasteiger partial charge in [-0.15, -0.1) is 0 Å². The van der Waals surface area contributed by atoms with Crippen molar-refractivity contribution in [1.82, 2.24) is 10.2 Å². The Morgan fingerprint density at radius 2 is 1.79 bits per heavy atom. The molecule has 1 aliphatic heterocycles. The highest BCUT2D eigenvalue weighted by Gasteiger charge is 2.24. The summed E-state index contributed by atoms with van der Waals surface area (Å²) < 4.78 is 0. The number of unbranched alkanes of at least 4 members (excludes halogenated alkanes) is 1. The second-order valence-corrected chi connectivity index (χ2v) is 5.32. The van der Waals surface area contributed by atoms with Crippen molar-refractivity contribution in [1.29, 1.82) is 0 Å². The minimum atomic E-state index is 0.599. The highest BCUT2D eigenvalue weighted by atomic mass is 15.1. The third kappa shape index (κ3) is 4.43. The van der Waals surface area contributed by atoms with Gasteiger partial charge in [0.1, 0.15) is 0 Å². The zero-order valence-corrected chi connectivity index (χ0v) is 10.1. The van der Waals surface area contributed by atoms with Gasteiger partial charge in [-0.05, 0) is 64.3 Å². The van der Waals surface area contributed by atoms with Gasteiger partial charge in [0.25, 0.3) is 0 Å². The zero-order valence-electron chi connectivity index (χ0n) is 10.1. The molecule has 0 radical (unpaired) electrons. The van der Waals surface area contributed by atoms with Crippen molar-refractivity contribution in [2.24, 2.45) is 5.41 Å². The smallest absolute Gasteiger partial charge is 0.00136 e. The van der Waals surface area contributed by atoms with Crippen LogP contribution in [0.2, 0.25) is 0 Å². The third-order valence-electron chi connectivity index (χ3n) is 3.36. The number of nitrogens with zero attached hydrogens (tertiary/aromatic N) is 1. The van der Waals surface area contributed by atoms with Crippen molar-refractivity contribution in [3.05, 3.63) is 0 Å². The molecule has 1 fully saturated rings. The summed E-state index contributed by atoms with van der Waals surface area (Å²) in [6.07, 6.45) is 5.41. The molecule has 14 heavy (non-hydrogen) atoms. The molecule has 2 heteroatoms. The lowest BCUT2D eigenvalue weighted by Gasteiger charge is -2.36. The van der Waals surface area contributed by atoms with Crippen LogP contribution in [0.25, 0.3) is 0 Å². The van der Waals surface area contributed by atoms with E-state index in [9.17, 15) is 0 Å². The first-order chi connectivity index (χ1) is 6.64. The van der Waals surface area contributed by atoms with Crippen LogP contribution in [0.3, 0.4) is 0 Å². The molecule has 0 aromatic carbocycles. The molecule has 0 spiro atoms. The van der Waals surface area contributed by atoms with Gasteiger partial charge >= 0.3 is 0 Å². The number of hydrogen-bond donors (Lipinski definition) is 1. The van der Waals surface area contributed by atoms with Crippen LogP contribution in [0.4, 0.5) is 0 Å². The molecule has 1 rings (SSSR count). The van der Waals surface area contributed by atoms with Crippen LogP contribution in [0.5, 0.6) is 0 Å². The van der Waals surface area contributed by atoms with Crippen LogP contribution in [0, 0.1) is 5.41 Å². The molecule has 1 aliphatic rings. The van der Waals surface area contributed by atoms with Gasteiger partial charge in [-0.25, -0.2) is 0 Å². The molecule has 84 valence electrons. The summed E-state index contributed by atoms with van der Waals surface area (Å²) in [6, 6.07) is 0. The summed E-state index contributed by atoms with van der Waals surface area (Å²) in [5.41, 5.74) is 0.599. The molecular formula is C12H26N2. The highest BCUT2D eigenvalue weighted by molar-refractivity contribution is 4.78. The zero-order chi connectivity index (χ0) is 10.4. The molecule has 1 N–H and O–H groups in total. The van der Waals surface area contributed by atoms with Crippen molar-refractivity contribution in [2.75, 3.05) is 33.2 Å². The Labute approximate surface area is 89.1 Å². The first kappa shape index (κ1) is 12.0. The molecule has 0 bridgehead atoms. The van der Waals surface area contributed by atoms with E-state index in [0.29, 0.717) is 5.41 Å². The second kappa shape index (κ2) is 5.72. The maximum atomic E-state index is 3.20. The lowest BCUT2D eigenvalue weighted by atomic mass is 9.82. The molecule has 0 aliphatic carbocycles. The average molecular weight is 198 g/mol. The summed E-state index contributed by atoms with van der Waals surface area (Å²) in [5.74, 6) is 0. The molecule has 1 heterocycles. The van der Waals surface area contributed by atoms with Gasteiger partial charge in [0, 0.05) is 0 Å². The number of hydrogen-bond acceptors (Lipinski definition) is 2. The van der Waals surface area contributed by atoms with E-state index < -0.39 is 0 Å². The van der Waals surface area contributed by atoms with E-state index in [1.165, 1.54) is 51.9 Å². The normalized spacial score (nSPS) is 22.5. The molecule has 0 atom stereocenters. The molecule has 0 amide bonds. The maximum absolute atomic E-state index is 3.20. The molecule has 2 nitrogen and oxygen atoms in total. The monoisotopic (exact) mass is 198 g/mol. The first-order valence-corrected chi connectivity index (χ1v) is 6.01. The van der Waals surface area contributed by atoms with Crippen LogP contribution in [-0.4, -0.2) is 38.1 Å². The van der Waals surface area contributed by atoms with Crippen LogP contribution in [0.1, 0.15) is 39.5 Å². The third-order valence-corrected chi connectivity index (χ3v) is 3.36. The van der Waals surface area contributed by atoms with E-state index in [1.807, 2.05) is 7.05 Å².